The predicted molar refractivity (Wildman–Crippen MR) is 105 cm³/mol. The first-order valence-corrected chi connectivity index (χ1v) is 9.64. The number of amides is 2. The second kappa shape index (κ2) is 8.56. The minimum atomic E-state index is -0.530. The van der Waals surface area contributed by atoms with Crippen LogP contribution in [0.4, 0.5) is 10.8 Å². The largest absolute Gasteiger partial charge is 0.465 e. The fraction of sp³-hybridized carbons (Fsp3) is 0.111. The smallest absolute Gasteiger partial charge is 0.339 e. The van der Waals surface area contributed by atoms with E-state index in [2.05, 4.69) is 15.6 Å². The summed E-state index contributed by atoms with van der Waals surface area (Å²) in [7, 11) is 1.28. The fourth-order valence-corrected chi connectivity index (χ4v) is 3.59. The van der Waals surface area contributed by atoms with Crippen molar-refractivity contribution in [1.29, 1.82) is 0 Å². The van der Waals surface area contributed by atoms with Gasteiger partial charge < -0.3 is 10.1 Å². The molecule has 0 saturated heterocycles. The van der Waals surface area contributed by atoms with E-state index in [1.807, 2.05) is 5.38 Å². The molecule has 2 amide bonds. The summed E-state index contributed by atoms with van der Waals surface area (Å²) in [6.07, 6.45) is 0.0142. The number of nitrogens with zero attached hydrogens (tertiary/aromatic N) is 1. The summed E-state index contributed by atoms with van der Waals surface area (Å²) >= 11 is 2.68. The van der Waals surface area contributed by atoms with E-state index in [1.165, 1.54) is 29.8 Å². The first kappa shape index (κ1) is 18.7. The van der Waals surface area contributed by atoms with Gasteiger partial charge in [-0.2, -0.15) is 11.3 Å². The number of methoxy groups -OCH3 is 1. The average molecular weight is 401 g/mol. The summed E-state index contributed by atoms with van der Waals surface area (Å²) in [6.45, 7) is 0. The lowest BCUT2D eigenvalue weighted by Gasteiger charge is -2.08. The van der Waals surface area contributed by atoms with Crippen LogP contribution in [0.25, 0.3) is 0 Å². The highest BCUT2D eigenvalue weighted by Crippen LogP contribution is 2.19. The van der Waals surface area contributed by atoms with Crippen LogP contribution in [0.2, 0.25) is 0 Å². The van der Waals surface area contributed by atoms with Crippen LogP contribution in [0.15, 0.2) is 46.5 Å². The molecule has 0 fully saturated rings. The molecule has 0 unspecified atom stereocenters. The standard InChI is InChI=1S/C18H15N3O4S2/c1-25-17(24)13-4-2-3-5-14(13)20-15(22)8-12-10-27-18(19-12)21-16(23)11-6-7-26-9-11/h2-7,9-10H,8H2,1H3,(H,20,22)(H,19,21,23). The van der Waals surface area contributed by atoms with Crippen LogP contribution in [0.5, 0.6) is 0 Å². The van der Waals surface area contributed by atoms with Crippen LogP contribution in [0, 0.1) is 0 Å². The highest BCUT2D eigenvalue weighted by atomic mass is 32.1. The number of ether oxygens (including phenoxy) is 1. The van der Waals surface area contributed by atoms with Crippen LogP contribution < -0.4 is 10.6 Å². The second-order valence-electron chi connectivity index (χ2n) is 5.37. The summed E-state index contributed by atoms with van der Waals surface area (Å²) in [6, 6.07) is 8.31. The van der Waals surface area contributed by atoms with Gasteiger partial charge >= 0.3 is 5.97 Å². The Labute approximate surface area is 163 Å². The lowest BCUT2D eigenvalue weighted by atomic mass is 10.1. The van der Waals surface area contributed by atoms with Crippen molar-refractivity contribution in [2.75, 3.05) is 17.7 Å². The van der Waals surface area contributed by atoms with Gasteiger partial charge in [0.2, 0.25) is 5.91 Å². The van der Waals surface area contributed by atoms with Gasteiger partial charge in [-0.25, -0.2) is 9.78 Å². The molecule has 1 aromatic carbocycles. The number of rotatable bonds is 6. The number of esters is 1. The first-order valence-electron chi connectivity index (χ1n) is 7.82. The number of para-hydroxylation sites is 1. The van der Waals surface area contributed by atoms with Crippen LogP contribution in [-0.2, 0) is 16.0 Å². The molecular formula is C18H15N3O4S2. The molecule has 3 aromatic rings. The minimum Gasteiger partial charge on any atom is -0.465 e. The van der Waals surface area contributed by atoms with E-state index in [-0.39, 0.29) is 23.8 Å². The Kier molecular flexibility index (Phi) is 5.94. The maximum absolute atomic E-state index is 12.3. The van der Waals surface area contributed by atoms with E-state index in [4.69, 9.17) is 4.74 Å². The Morgan fingerprint density at radius 1 is 1.11 bits per heavy atom. The van der Waals surface area contributed by atoms with Gasteiger partial charge in [0.25, 0.3) is 5.91 Å². The zero-order valence-electron chi connectivity index (χ0n) is 14.2. The first-order chi connectivity index (χ1) is 13.1. The molecule has 3 rings (SSSR count). The second-order valence-corrected chi connectivity index (χ2v) is 7.01. The van der Waals surface area contributed by atoms with Crippen LogP contribution in [0.1, 0.15) is 26.4 Å². The van der Waals surface area contributed by atoms with Crippen molar-refractivity contribution in [2.45, 2.75) is 6.42 Å². The molecule has 0 spiro atoms. The molecule has 7 nitrogen and oxygen atoms in total. The molecule has 2 N–H and O–H groups in total. The number of thiophene rings is 1. The normalized spacial score (nSPS) is 10.3. The number of aromatic nitrogens is 1. The molecular weight excluding hydrogens is 386 g/mol. The number of benzene rings is 1. The Balaban J connectivity index is 1.62. The summed E-state index contributed by atoms with van der Waals surface area (Å²) in [5, 5.41) is 11.1. The molecule has 0 saturated carbocycles. The van der Waals surface area contributed by atoms with Crippen LogP contribution >= 0.6 is 22.7 Å². The molecule has 0 aliphatic carbocycles. The third kappa shape index (κ3) is 4.78. The molecule has 2 heterocycles. The maximum Gasteiger partial charge on any atom is 0.339 e. The van der Waals surface area contributed by atoms with E-state index in [0.29, 0.717) is 22.1 Å². The van der Waals surface area contributed by atoms with E-state index < -0.39 is 5.97 Å². The summed E-state index contributed by atoms with van der Waals surface area (Å²) in [4.78, 5) is 40.3. The van der Waals surface area contributed by atoms with Crippen LogP contribution in [-0.4, -0.2) is 29.9 Å². The Hall–Kier alpha value is -3.04. The topological polar surface area (TPSA) is 97.4 Å². The molecule has 0 aliphatic rings. The van der Waals surface area contributed by atoms with E-state index in [1.54, 1.807) is 41.1 Å². The van der Waals surface area contributed by atoms with Gasteiger partial charge in [0, 0.05) is 10.8 Å². The molecule has 138 valence electrons. The molecule has 0 bridgehead atoms. The van der Waals surface area contributed by atoms with Crippen molar-refractivity contribution in [1.82, 2.24) is 4.98 Å². The number of carbonyl (C=O) groups is 3. The lowest BCUT2D eigenvalue weighted by Crippen LogP contribution is -2.17. The molecule has 0 atom stereocenters. The summed E-state index contributed by atoms with van der Waals surface area (Å²) in [5.74, 6) is -1.10. The molecule has 9 heteroatoms. The lowest BCUT2D eigenvalue weighted by molar-refractivity contribution is -0.115. The van der Waals surface area contributed by atoms with Crippen molar-refractivity contribution >= 4 is 51.3 Å². The number of nitrogens with one attached hydrogen (secondary N) is 2. The molecule has 27 heavy (non-hydrogen) atoms. The van der Waals surface area contributed by atoms with E-state index in [9.17, 15) is 14.4 Å². The third-order valence-electron chi connectivity index (χ3n) is 3.50. The van der Waals surface area contributed by atoms with Gasteiger partial charge in [0.15, 0.2) is 5.13 Å². The van der Waals surface area contributed by atoms with E-state index >= 15 is 0 Å². The summed E-state index contributed by atoms with van der Waals surface area (Å²) in [5.41, 5.74) is 1.73. The van der Waals surface area contributed by atoms with Crippen molar-refractivity contribution in [3.8, 4) is 0 Å². The van der Waals surface area contributed by atoms with Crippen LogP contribution in [0.3, 0.4) is 0 Å². The number of hydrogen-bond acceptors (Lipinski definition) is 7. The van der Waals surface area contributed by atoms with Gasteiger partial charge in [-0.1, -0.05) is 12.1 Å². The number of thiazole rings is 1. The highest BCUT2D eigenvalue weighted by Gasteiger charge is 2.15. The van der Waals surface area contributed by atoms with Gasteiger partial charge in [0.05, 0.1) is 36.0 Å². The van der Waals surface area contributed by atoms with Crippen molar-refractivity contribution < 1.29 is 19.1 Å². The van der Waals surface area contributed by atoms with Gasteiger partial charge in [-0.15, -0.1) is 11.3 Å². The van der Waals surface area contributed by atoms with Gasteiger partial charge in [0.1, 0.15) is 0 Å². The SMILES string of the molecule is COC(=O)c1ccccc1NC(=O)Cc1csc(NC(=O)c2ccsc2)n1. The van der Waals surface area contributed by atoms with Crippen molar-refractivity contribution in [3.05, 3.63) is 63.3 Å². The quantitative estimate of drug-likeness (QED) is 0.617. The predicted octanol–water partition coefficient (Wildman–Crippen LogP) is 3.42. The van der Waals surface area contributed by atoms with Gasteiger partial charge in [-0.05, 0) is 23.6 Å². The maximum atomic E-state index is 12.3. The zero-order chi connectivity index (χ0) is 19.2. The number of hydrogen-bond donors (Lipinski definition) is 2. The Bertz CT molecular complexity index is 967. The Morgan fingerprint density at radius 2 is 1.93 bits per heavy atom. The third-order valence-corrected chi connectivity index (χ3v) is 4.99. The van der Waals surface area contributed by atoms with Crippen molar-refractivity contribution in [3.63, 3.8) is 0 Å². The molecule has 2 aromatic heterocycles. The highest BCUT2D eigenvalue weighted by molar-refractivity contribution is 7.14. The van der Waals surface area contributed by atoms with Crippen molar-refractivity contribution in [2.24, 2.45) is 0 Å². The Morgan fingerprint density at radius 3 is 2.67 bits per heavy atom. The molecule has 0 radical (unpaired) electrons. The average Bonchev–Trinajstić information content (AvgIpc) is 3.33. The minimum absolute atomic E-state index is 0.0142. The monoisotopic (exact) mass is 401 g/mol. The number of carbonyl (C=O) groups excluding carboxylic acids is 3. The fourth-order valence-electron chi connectivity index (χ4n) is 2.25. The van der Waals surface area contributed by atoms with Gasteiger partial charge in [-0.3, -0.25) is 14.9 Å². The zero-order valence-corrected chi connectivity index (χ0v) is 15.9. The summed E-state index contributed by atoms with van der Waals surface area (Å²) < 4.78 is 4.71. The van der Waals surface area contributed by atoms with E-state index in [0.717, 1.165) is 0 Å². The molecule has 0 aliphatic heterocycles. The number of anilines is 2.